The molecule has 1 aliphatic carbocycles. The van der Waals surface area contributed by atoms with Crippen molar-refractivity contribution in [2.24, 2.45) is 0 Å². The van der Waals surface area contributed by atoms with Gasteiger partial charge in [-0.2, -0.15) is 0 Å². The van der Waals surface area contributed by atoms with E-state index in [1.165, 1.54) is 54.6 Å². The predicted molar refractivity (Wildman–Crippen MR) is 122 cm³/mol. The summed E-state index contributed by atoms with van der Waals surface area (Å²) in [5.41, 5.74) is 5.37. The van der Waals surface area contributed by atoms with Crippen LogP contribution in [0.15, 0.2) is 36.7 Å². The molecule has 6 nitrogen and oxygen atoms in total. The second-order valence-corrected chi connectivity index (χ2v) is 9.24. The topological polar surface area (TPSA) is 62.3 Å². The lowest BCUT2D eigenvalue weighted by molar-refractivity contribution is -0.00506. The Bertz CT molecular complexity index is 855. The summed E-state index contributed by atoms with van der Waals surface area (Å²) in [5, 5.41) is 7.38. The van der Waals surface area contributed by atoms with Crippen molar-refractivity contribution in [1.82, 2.24) is 25.5 Å². The number of nitrogens with one attached hydrogen (secondary N) is 2. The quantitative estimate of drug-likeness (QED) is 0.607. The fourth-order valence-corrected chi connectivity index (χ4v) is 5.20. The van der Waals surface area contributed by atoms with Crippen molar-refractivity contribution < 1.29 is 4.74 Å². The maximum Gasteiger partial charge on any atom is 0.0643 e. The minimum atomic E-state index is 0.435. The zero-order valence-electron chi connectivity index (χ0n) is 18.4. The fraction of sp³-hybridized carbons (Fsp3) is 0.600. The van der Waals surface area contributed by atoms with Crippen LogP contribution in [0.1, 0.15) is 54.2 Å². The van der Waals surface area contributed by atoms with Gasteiger partial charge < -0.3 is 15.4 Å². The van der Waals surface area contributed by atoms with E-state index in [0.717, 1.165) is 45.8 Å². The fourth-order valence-electron chi connectivity index (χ4n) is 5.20. The van der Waals surface area contributed by atoms with Crippen molar-refractivity contribution in [3.63, 3.8) is 0 Å². The molecule has 0 unspecified atom stereocenters. The Labute approximate surface area is 185 Å². The molecule has 2 N–H and O–H groups in total. The van der Waals surface area contributed by atoms with Crippen molar-refractivity contribution in [2.75, 3.05) is 32.8 Å². The number of ether oxygens (including phenoxy) is 1. The van der Waals surface area contributed by atoms with Crippen LogP contribution >= 0.6 is 0 Å². The van der Waals surface area contributed by atoms with Crippen LogP contribution in [0.5, 0.6) is 0 Å². The number of hydrogen-bond donors (Lipinski definition) is 2. The van der Waals surface area contributed by atoms with Crippen LogP contribution in [-0.4, -0.2) is 59.8 Å². The number of pyridine rings is 2. The molecule has 1 saturated heterocycles. The molecule has 2 aromatic heterocycles. The first-order valence-electron chi connectivity index (χ1n) is 12.0. The summed E-state index contributed by atoms with van der Waals surface area (Å²) in [4.78, 5) is 12.2. The van der Waals surface area contributed by atoms with E-state index in [1.807, 2.05) is 18.5 Å². The van der Waals surface area contributed by atoms with Gasteiger partial charge in [-0.05, 0) is 68.5 Å². The van der Waals surface area contributed by atoms with E-state index in [2.05, 4.69) is 38.7 Å². The highest BCUT2D eigenvalue weighted by Gasteiger charge is 2.30. The van der Waals surface area contributed by atoms with E-state index >= 15 is 0 Å². The van der Waals surface area contributed by atoms with Crippen LogP contribution < -0.4 is 10.6 Å². The summed E-state index contributed by atoms with van der Waals surface area (Å²) in [5.74, 6) is 0. The van der Waals surface area contributed by atoms with Gasteiger partial charge in [0.1, 0.15) is 0 Å². The summed E-state index contributed by atoms with van der Waals surface area (Å²) in [7, 11) is 0. The number of aryl methyl sites for hydroxylation is 1. The second kappa shape index (κ2) is 10.2. The Morgan fingerprint density at radius 2 is 1.97 bits per heavy atom. The molecule has 1 fully saturated rings. The molecule has 0 saturated carbocycles. The average Bonchev–Trinajstić information content (AvgIpc) is 2.79. The van der Waals surface area contributed by atoms with Gasteiger partial charge in [0.2, 0.25) is 0 Å². The lowest BCUT2D eigenvalue weighted by atomic mass is 9.90. The maximum absolute atomic E-state index is 5.26. The van der Waals surface area contributed by atoms with E-state index in [1.54, 1.807) is 0 Å². The highest BCUT2D eigenvalue weighted by atomic mass is 16.5. The van der Waals surface area contributed by atoms with Crippen molar-refractivity contribution >= 4 is 0 Å². The summed E-state index contributed by atoms with van der Waals surface area (Å²) in [6.07, 6.45) is 11.0. The predicted octanol–water partition coefficient (Wildman–Crippen LogP) is 2.64. The van der Waals surface area contributed by atoms with E-state index in [0.29, 0.717) is 18.1 Å². The molecule has 0 aromatic carbocycles. The monoisotopic (exact) mass is 421 g/mol. The molecule has 0 amide bonds. The molecule has 3 aliphatic rings. The van der Waals surface area contributed by atoms with Gasteiger partial charge in [0.05, 0.1) is 31.0 Å². The van der Waals surface area contributed by atoms with E-state index in [4.69, 9.17) is 9.72 Å². The molecular weight excluding hydrogens is 386 g/mol. The Hall–Kier alpha value is -1.86. The van der Waals surface area contributed by atoms with Gasteiger partial charge in [-0.15, -0.1) is 0 Å². The van der Waals surface area contributed by atoms with Gasteiger partial charge in [0, 0.05) is 43.6 Å². The van der Waals surface area contributed by atoms with E-state index < -0.39 is 0 Å². The van der Waals surface area contributed by atoms with Gasteiger partial charge >= 0.3 is 0 Å². The number of fused-ring (bicyclic) bond motifs is 2. The van der Waals surface area contributed by atoms with Crippen LogP contribution in [0.4, 0.5) is 0 Å². The minimum Gasteiger partial charge on any atom is -0.378 e. The normalized spacial score (nSPS) is 23.3. The molecule has 6 heteroatoms. The van der Waals surface area contributed by atoms with Crippen LogP contribution in [0.3, 0.4) is 0 Å². The first-order valence-corrected chi connectivity index (χ1v) is 12.0. The van der Waals surface area contributed by atoms with Crippen molar-refractivity contribution in [2.45, 2.75) is 63.2 Å². The summed E-state index contributed by atoms with van der Waals surface area (Å²) in [6.45, 7) is 5.94. The van der Waals surface area contributed by atoms with E-state index in [9.17, 15) is 0 Å². The van der Waals surface area contributed by atoms with Crippen LogP contribution in [0, 0.1) is 0 Å². The molecule has 0 bridgehead atoms. The van der Waals surface area contributed by atoms with Gasteiger partial charge in [-0.1, -0.05) is 12.1 Å². The summed E-state index contributed by atoms with van der Waals surface area (Å²) in [6, 6.07) is 10.1. The van der Waals surface area contributed by atoms with Crippen molar-refractivity contribution in [1.29, 1.82) is 0 Å². The molecule has 31 heavy (non-hydrogen) atoms. The summed E-state index contributed by atoms with van der Waals surface area (Å²) >= 11 is 0. The summed E-state index contributed by atoms with van der Waals surface area (Å²) < 4.78 is 5.26. The third-order valence-corrected chi connectivity index (χ3v) is 7.01. The molecule has 5 rings (SSSR count). The Morgan fingerprint density at radius 3 is 2.84 bits per heavy atom. The zero-order chi connectivity index (χ0) is 20.9. The van der Waals surface area contributed by atoms with E-state index in [-0.39, 0.29) is 0 Å². The minimum absolute atomic E-state index is 0.435. The number of nitrogens with zero attached hydrogens (tertiary/aromatic N) is 3. The standard InChI is InChI=1S/C25H35N5O/c1(10-26-22-17-31-18-22)2-13-30(24-9-3-6-19-7-4-12-28-25(19)24)16-21-14-23-20(15-29-21)8-5-11-27-23/h4-5,7-8,11-12,21-22,24,26,29H,1-3,6,9-10,13-18H2/t21-,24+/m1/s1. The highest BCUT2D eigenvalue weighted by molar-refractivity contribution is 5.26. The van der Waals surface area contributed by atoms with Gasteiger partial charge in [-0.25, -0.2) is 0 Å². The Morgan fingerprint density at radius 1 is 1.10 bits per heavy atom. The van der Waals surface area contributed by atoms with Crippen LogP contribution in [0.2, 0.25) is 0 Å². The van der Waals surface area contributed by atoms with Gasteiger partial charge in [0.15, 0.2) is 0 Å². The molecule has 2 atom stereocenters. The molecular formula is C25H35N5O. The number of unbranched alkanes of at least 4 members (excludes halogenated alkanes) is 1. The van der Waals surface area contributed by atoms with Crippen molar-refractivity contribution in [3.8, 4) is 0 Å². The molecule has 166 valence electrons. The first kappa shape index (κ1) is 21.0. The molecule has 2 aliphatic heterocycles. The number of hydrogen-bond acceptors (Lipinski definition) is 6. The lowest BCUT2D eigenvalue weighted by Gasteiger charge is -2.38. The largest absolute Gasteiger partial charge is 0.378 e. The molecule has 4 heterocycles. The number of aromatic nitrogens is 2. The third-order valence-electron chi connectivity index (χ3n) is 7.01. The van der Waals surface area contributed by atoms with Gasteiger partial charge in [-0.3, -0.25) is 14.9 Å². The SMILES string of the molecule is c1cnc2c(c1)CN[C@@H](CN(CCCCNC1COC1)[C@H]1CCCc3cccnc31)C2. The highest BCUT2D eigenvalue weighted by Crippen LogP contribution is 2.33. The average molecular weight is 422 g/mol. The van der Waals surface area contributed by atoms with Crippen LogP contribution in [-0.2, 0) is 24.1 Å². The Kier molecular flexibility index (Phi) is 6.89. The van der Waals surface area contributed by atoms with Crippen molar-refractivity contribution in [3.05, 3.63) is 59.2 Å². The van der Waals surface area contributed by atoms with Gasteiger partial charge in [0.25, 0.3) is 0 Å². The van der Waals surface area contributed by atoms with Crippen LogP contribution in [0.25, 0.3) is 0 Å². The molecule has 0 radical (unpaired) electrons. The second-order valence-electron chi connectivity index (χ2n) is 9.24. The third kappa shape index (κ3) is 5.14. The number of rotatable bonds is 9. The smallest absolute Gasteiger partial charge is 0.0643 e. The first-order chi connectivity index (χ1) is 15.4. The molecule has 2 aromatic rings. The maximum atomic E-state index is 5.26. The Balaban J connectivity index is 1.24. The molecule has 0 spiro atoms. The lowest BCUT2D eigenvalue weighted by Crippen LogP contribution is -2.47. The zero-order valence-corrected chi connectivity index (χ0v) is 18.4.